The molecule has 0 aliphatic heterocycles. The van der Waals surface area contributed by atoms with E-state index in [1.165, 1.54) is 31.4 Å². The Hall–Kier alpha value is -1.09. The maximum absolute atomic E-state index is 13.0. The Kier molecular flexibility index (Phi) is 2.91. The topological polar surface area (TPSA) is 29.3 Å². The Balaban J connectivity index is 2.25. The molecule has 1 saturated carbocycles. The highest BCUT2D eigenvalue weighted by molar-refractivity contribution is 5.54. The number of anilines is 1. The van der Waals surface area contributed by atoms with Gasteiger partial charge in [-0.3, -0.25) is 0 Å². The predicted molar refractivity (Wildman–Crippen MR) is 60.3 cm³/mol. The van der Waals surface area contributed by atoms with Gasteiger partial charge in [-0.1, -0.05) is 0 Å². The second-order valence-electron chi connectivity index (χ2n) is 4.17. The molecular formula is C12H17FN2. The van der Waals surface area contributed by atoms with Crippen molar-refractivity contribution in [3.63, 3.8) is 0 Å². The number of nitrogens with two attached hydrogens (primary N) is 1. The van der Waals surface area contributed by atoms with Gasteiger partial charge in [0.2, 0.25) is 0 Å². The maximum atomic E-state index is 13.0. The molecule has 2 N–H and O–H groups in total. The van der Waals surface area contributed by atoms with Gasteiger partial charge in [0, 0.05) is 25.3 Å². The summed E-state index contributed by atoms with van der Waals surface area (Å²) in [5.41, 5.74) is 7.59. The van der Waals surface area contributed by atoms with Gasteiger partial charge in [0.1, 0.15) is 5.82 Å². The summed E-state index contributed by atoms with van der Waals surface area (Å²) in [4.78, 5) is 2.23. The van der Waals surface area contributed by atoms with Crippen LogP contribution in [-0.4, -0.2) is 13.1 Å². The molecule has 1 aliphatic rings. The van der Waals surface area contributed by atoms with Gasteiger partial charge < -0.3 is 10.6 Å². The molecule has 0 radical (unpaired) electrons. The van der Waals surface area contributed by atoms with Crippen molar-refractivity contribution in [3.8, 4) is 0 Å². The summed E-state index contributed by atoms with van der Waals surface area (Å²) in [6, 6.07) is 5.48. The Labute approximate surface area is 89.9 Å². The van der Waals surface area contributed by atoms with E-state index in [0.717, 1.165) is 11.3 Å². The average molecular weight is 208 g/mol. The zero-order valence-electron chi connectivity index (χ0n) is 9.04. The zero-order valence-corrected chi connectivity index (χ0v) is 9.04. The van der Waals surface area contributed by atoms with Crippen LogP contribution in [0.3, 0.4) is 0 Å². The van der Waals surface area contributed by atoms with E-state index in [2.05, 4.69) is 11.9 Å². The molecule has 0 heterocycles. The maximum Gasteiger partial charge on any atom is 0.123 e. The first-order chi connectivity index (χ1) is 7.22. The predicted octanol–water partition coefficient (Wildman–Crippen LogP) is 2.27. The first-order valence-corrected chi connectivity index (χ1v) is 5.43. The lowest BCUT2D eigenvalue weighted by atomic mass is 9.91. The Morgan fingerprint density at radius 1 is 1.47 bits per heavy atom. The van der Waals surface area contributed by atoms with E-state index in [1.54, 1.807) is 0 Å². The van der Waals surface area contributed by atoms with Crippen LogP contribution in [0.15, 0.2) is 18.2 Å². The van der Waals surface area contributed by atoms with Crippen LogP contribution in [-0.2, 0) is 6.54 Å². The molecule has 0 aromatic heterocycles. The van der Waals surface area contributed by atoms with Gasteiger partial charge in [-0.2, -0.15) is 0 Å². The van der Waals surface area contributed by atoms with E-state index < -0.39 is 0 Å². The molecule has 1 aliphatic carbocycles. The van der Waals surface area contributed by atoms with Gasteiger partial charge in [0.05, 0.1) is 0 Å². The van der Waals surface area contributed by atoms with Gasteiger partial charge >= 0.3 is 0 Å². The van der Waals surface area contributed by atoms with E-state index in [1.807, 2.05) is 6.07 Å². The molecule has 0 saturated heterocycles. The Morgan fingerprint density at radius 3 is 2.73 bits per heavy atom. The third-order valence-corrected chi connectivity index (χ3v) is 3.26. The lowest BCUT2D eigenvalue weighted by Crippen LogP contribution is -2.37. The Bertz CT molecular complexity index is 347. The number of benzene rings is 1. The van der Waals surface area contributed by atoms with Crippen molar-refractivity contribution in [1.29, 1.82) is 0 Å². The molecule has 0 spiro atoms. The van der Waals surface area contributed by atoms with Gasteiger partial charge in [0.25, 0.3) is 0 Å². The molecular weight excluding hydrogens is 191 g/mol. The summed E-state index contributed by atoms with van der Waals surface area (Å²) < 4.78 is 13.0. The van der Waals surface area contributed by atoms with Crippen molar-refractivity contribution < 1.29 is 4.39 Å². The lowest BCUT2D eigenvalue weighted by molar-refractivity contribution is 0.400. The monoisotopic (exact) mass is 208 g/mol. The van der Waals surface area contributed by atoms with Crippen LogP contribution in [0, 0.1) is 5.82 Å². The van der Waals surface area contributed by atoms with E-state index in [-0.39, 0.29) is 5.82 Å². The van der Waals surface area contributed by atoms with Crippen LogP contribution in [0.4, 0.5) is 10.1 Å². The summed E-state index contributed by atoms with van der Waals surface area (Å²) in [7, 11) is 2.07. The highest BCUT2D eigenvalue weighted by Crippen LogP contribution is 2.30. The van der Waals surface area contributed by atoms with Crippen molar-refractivity contribution in [2.45, 2.75) is 31.8 Å². The summed E-state index contributed by atoms with van der Waals surface area (Å²) >= 11 is 0. The SMILES string of the molecule is CN(c1ccc(F)cc1CN)C1CCC1. The van der Waals surface area contributed by atoms with Crippen LogP contribution in [0.1, 0.15) is 24.8 Å². The molecule has 3 heteroatoms. The van der Waals surface area contributed by atoms with E-state index in [0.29, 0.717) is 12.6 Å². The Morgan fingerprint density at radius 2 is 2.20 bits per heavy atom. The molecule has 1 aromatic rings. The number of rotatable bonds is 3. The minimum Gasteiger partial charge on any atom is -0.371 e. The fourth-order valence-corrected chi connectivity index (χ4v) is 2.03. The largest absolute Gasteiger partial charge is 0.371 e. The van der Waals surface area contributed by atoms with E-state index >= 15 is 0 Å². The van der Waals surface area contributed by atoms with Gasteiger partial charge in [-0.05, 0) is 43.0 Å². The van der Waals surface area contributed by atoms with Crippen LogP contribution in [0.25, 0.3) is 0 Å². The van der Waals surface area contributed by atoms with Gasteiger partial charge in [-0.15, -0.1) is 0 Å². The average Bonchev–Trinajstić information content (AvgIpc) is 2.14. The third-order valence-electron chi connectivity index (χ3n) is 3.26. The molecule has 2 nitrogen and oxygen atoms in total. The fraction of sp³-hybridized carbons (Fsp3) is 0.500. The lowest BCUT2D eigenvalue weighted by Gasteiger charge is -2.37. The fourth-order valence-electron chi connectivity index (χ4n) is 2.03. The minimum absolute atomic E-state index is 0.207. The van der Waals surface area contributed by atoms with Crippen molar-refractivity contribution in [2.24, 2.45) is 5.73 Å². The van der Waals surface area contributed by atoms with Gasteiger partial charge in [-0.25, -0.2) is 4.39 Å². The molecule has 0 amide bonds. The highest BCUT2D eigenvalue weighted by atomic mass is 19.1. The van der Waals surface area contributed by atoms with Gasteiger partial charge in [0.15, 0.2) is 0 Å². The first-order valence-electron chi connectivity index (χ1n) is 5.43. The molecule has 0 bridgehead atoms. The van der Waals surface area contributed by atoms with Crippen molar-refractivity contribution in [2.75, 3.05) is 11.9 Å². The summed E-state index contributed by atoms with van der Waals surface area (Å²) in [6.45, 7) is 0.393. The standard InChI is InChI=1S/C12H17FN2/c1-15(11-3-2-4-11)12-6-5-10(13)7-9(12)8-14/h5-7,11H,2-4,8,14H2,1H3. The van der Waals surface area contributed by atoms with Crippen LogP contribution >= 0.6 is 0 Å². The molecule has 0 unspecified atom stereocenters. The molecule has 15 heavy (non-hydrogen) atoms. The molecule has 1 fully saturated rings. The number of hydrogen-bond acceptors (Lipinski definition) is 2. The number of hydrogen-bond donors (Lipinski definition) is 1. The minimum atomic E-state index is -0.207. The van der Waals surface area contributed by atoms with E-state index in [4.69, 9.17) is 5.73 Å². The highest BCUT2D eigenvalue weighted by Gasteiger charge is 2.23. The van der Waals surface area contributed by atoms with Crippen LogP contribution in [0.5, 0.6) is 0 Å². The van der Waals surface area contributed by atoms with Crippen molar-refractivity contribution in [1.82, 2.24) is 0 Å². The molecule has 1 aromatic carbocycles. The smallest absolute Gasteiger partial charge is 0.123 e. The summed E-state index contributed by atoms with van der Waals surface area (Å²) in [5.74, 6) is -0.207. The number of halogens is 1. The van der Waals surface area contributed by atoms with Crippen LogP contribution < -0.4 is 10.6 Å². The summed E-state index contributed by atoms with van der Waals surface area (Å²) in [6.07, 6.45) is 3.77. The second kappa shape index (κ2) is 4.19. The normalized spacial score (nSPS) is 16.2. The first kappa shape index (κ1) is 10.4. The molecule has 0 atom stereocenters. The molecule has 2 rings (SSSR count). The van der Waals surface area contributed by atoms with Crippen molar-refractivity contribution >= 4 is 5.69 Å². The summed E-state index contributed by atoms with van der Waals surface area (Å²) in [5, 5.41) is 0. The molecule has 82 valence electrons. The van der Waals surface area contributed by atoms with E-state index in [9.17, 15) is 4.39 Å². The third kappa shape index (κ3) is 1.97. The second-order valence-corrected chi connectivity index (χ2v) is 4.17. The number of nitrogens with zero attached hydrogens (tertiary/aromatic N) is 1. The quantitative estimate of drug-likeness (QED) is 0.825. The van der Waals surface area contributed by atoms with Crippen molar-refractivity contribution in [3.05, 3.63) is 29.6 Å². The van der Waals surface area contributed by atoms with Crippen LogP contribution in [0.2, 0.25) is 0 Å². The zero-order chi connectivity index (χ0) is 10.8.